The molecule has 7 nitrogen and oxygen atoms in total. The zero-order valence-corrected chi connectivity index (χ0v) is 13.1. The van der Waals surface area contributed by atoms with E-state index < -0.39 is 10.8 Å². The first-order chi connectivity index (χ1) is 10.0. The predicted octanol–water partition coefficient (Wildman–Crippen LogP) is 2.89. The number of carbonyl (C=O) groups excluding carboxylic acids is 1. The topological polar surface area (TPSA) is 97.2 Å². The van der Waals surface area contributed by atoms with Crippen molar-refractivity contribution in [3.63, 3.8) is 0 Å². The Bertz CT molecular complexity index is 706. The lowest BCUT2D eigenvalue weighted by molar-refractivity contribution is -0.385. The molecule has 0 saturated carbocycles. The van der Waals surface area contributed by atoms with E-state index in [2.05, 4.69) is 38.2 Å². The van der Waals surface area contributed by atoms with E-state index in [1.54, 1.807) is 19.2 Å². The molecule has 0 unspecified atom stereocenters. The van der Waals surface area contributed by atoms with Crippen LogP contribution in [-0.2, 0) is 0 Å². The van der Waals surface area contributed by atoms with E-state index in [1.807, 2.05) is 12.1 Å². The van der Waals surface area contributed by atoms with Gasteiger partial charge in [0.2, 0.25) is 0 Å². The molecule has 2 rings (SSSR count). The number of anilines is 2. The van der Waals surface area contributed by atoms with Crippen molar-refractivity contribution < 1.29 is 9.72 Å². The molecule has 0 atom stereocenters. The minimum absolute atomic E-state index is 0.0426. The maximum atomic E-state index is 12.3. The lowest BCUT2D eigenvalue weighted by Crippen LogP contribution is -2.15. The second-order valence-corrected chi connectivity index (χ2v) is 5.19. The van der Waals surface area contributed by atoms with Gasteiger partial charge in [-0.2, -0.15) is 0 Å². The summed E-state index contributed by atoms with van der Waals surface area (Å²) in [4.78, 5) is 26.5. The van der Waals surface area contributed by atoms with Crippen LogP contribution in [-0.4, -0.2) is 22.9 Å². The summed E-state index contributed by atoms with van der Waals surface area (Å²) in [6, 6.07) is 8.52. The molecule has 21 heavy (non-hydrogen) atoms. The number of amides is 1. The molecule has 1 aromatic carbocycles. The lowest BCUT2D eigenvalue weighted by Gasteiger charge is -2.08. The van der Waals surface area contributed by atoms with Gasteiger partial charge in [0.1, 0.15) is 17.6 Å². The van der Waals surface area contributed by atoms with Crippen LogP contribution in [0.2, 0.25) is 0 Å². The normalized spacial score (nSPS) is 10.0. The average molecular weight is 398 g/mol. The van der Waals surface area contributed by atoms with Crippen molar-refractivity contribution in [1.29, 1.82) is 0 Å². The van der Waals surface area contributed by atoms with E-state index in [-0.39, 0.29) is 11.3 Å². The van der Waals surface area contributed by atoms with E-state index in [4.69, 9.17) is 0 Å². The van der Waals surface area contributed by atoms with Crippen LogP contribution in [0.15, 0.2) is 36.5 Å². The first-order valence-corrected chi connectivity index (χ1v) is 6.99. The van der Waals surface area contributed by atoms with Gasteiger partial charge < -0.3 is 10.6 Å². The van der Waals surface area contributed by atoms with Crippen molar-refractivity contribution in [2.24, 2.45) is 0 Å². The summed E-state index contributed by atoms with van der Waals surface area (Å²) in [6.45, 7) is 0. The van der Waals surface area contributed by atoms with Crippen LogP contribution in [0.25, 0.3) is 0 Å². The van der Waals surface area contributed by atoms with Crippen molar-refractivity contribution >= 4 is 45.7 Å². The Morgan fingerprint density at radius 3 is 2.71 bits per heavy atom. The lowest BCUT2D eigenvalue weighted by atomic mass is 10.2. The van der Waals surface area contributed by atoms with Gasteiger partial charge in [0.05, 0.1) is 10.6 Å². The number of halogens is 1. The molecule has 0 aliphatic carbocycles. The van der Waals surface area contributed by atoms with Crippen molar-refractivity contribution in [3.8, 4) is 0 Å². The number of nitrogens with one attached hydrogen (secondary N) is 2. The fourth-order valence-corrected chi connectivity index (χ4v) is 2.19. The standard InChI is InChI=1S/C13H11IN4O3/c1-15-12-6-8(11(7-16-12)18(20)21)13(19)17-10-5-3-2-4-9(10)14/h2-7H,1H3,(H,15,16)(H,17,19). The molecule has 0 radical (unpaired) electrons. The number of para-hydroxylation sites is 1. The van der Waals surface area contributed by atoms with E-state index in [1.165, 1.54) is 6.07 Å². The highest BCUT2D eigenvalue weighted by Crippen LogP contribution is 2.23. The third-order valence-electron chi connectivity index (χ3n) is 2.70. The SMILES string of the molecule is CNc1cc(C(=O)Nc2ccccc2I)c([N+](=O)[O-])cn1. The van der Waals surface area contributed by atoms with E-state index in [0.29, 0.717) is 11.5 Å². The molecule has 0 aliphatic rings. The van der Waals surface area contributed by atoms with Gasteiger partial charge in [-0.1, -0.05) is 12.1 Å². The Labute approximate surface area is 134 Å². The van der Waals surface area contributed by atoms with Crippen LogP contribution in [0, 0.1) is 13.7 Å². The molecule has 1 amide bonds. The number of hydrogen-bond acceptors (Lipinski definition) is 5. The van der Waals surface area contributed by atoms with Crippen LogP contribution < -0.4 is 10.6 Å². The summed E-state index contributed by atoms with van der Waals surface area (Å²) < 4.78 is 0.842. The quantitative estimate of drug-likeness (QED) is 0.469. The van der Waals surface area contributed by atoms with E-state index in [9.17, 15) is 14.9 Å². The fraction of sp³-hybridized carbons (Fsp3) is 0.0769. The number of carbonyl (C=O) groups is 1. The van der Waals surface area contributed by atoms with Gasteiger partial charge >= 0.3 is 0 Å². The predicted molar refractivity (Wildman–Crippen MR) is 87.6 cm³/mol. The third kappa shape index (κ3) is 3.45. The summed E-state index contributed by atoms with van der Waals surface area (Å²) in [5, 5.41) is 16.4. The Kier molecular flexibility index (Phi) is 4.68. The smallest absolute Gasteiger partial charge is 0.300 e. The maximum Gasteiger partial charge on any atom is 0.300 e. The highest BCUT2D eigenvalue weighted by molar-refractivity contribution is 14.1. The average Bonchev–Trinajstić information content (AvgIpc) is 2.48. The van der Waals surface area contributed by atoms with Gasteiger partial charge in [0.25, 0.3) is 11.6 Å². The third-order valence-corrected chi connectivity index (χ3v) is 3.64. The summed E-state index contributed by atoms with van der Waals surface area (Å²) in [7, 11) is 1.62. The Hall–Kier alpha value is -2.23. The fourth-order valence-electron chi connectivity index (χ4n) is 1.66. The first-order valence-electron chi connectivity index (χ1n) is 5.91. The number of pyridine rings is 1. The van der Waals surface area contributed by atoms with Gasteiger partial charge in [-0.25, -0.2) is 4.98 Å². The van der Waals surface area contributed by atoms with Crippen molar-refractivity contribution in [1.82, 2.24) is 4.98 Å². The van der Waals surface area contributed by atoms with Gasteiger partial charge in [0.15, 0.2) is 0 Å². The Morgan fingerprint density at radius 1 is 1.38 bits per heavy atom. The molecule has 0 fully saturated rings. The minimum atomic E-state index is -0.628. The van der Waals surface area contributed by atoms with Crippen molar-refractivity contribution in [2.75, 3.05) is 17.7 Å². The largest absolute Gasteiger partial charge is 0.373 e. The summed E-state index contributed by atoms with van der Waals surface area (Å²) in [6.07, 6.45) is 1.07. The molecule has 0 spiro atoms. The molecular weight excluding hydrogens is 387 g/mol. The number of hydrogen-bond donors (Lipinski definition) is 2. The highest BCUT2D eigenvalue weighted by atomic mass is 127. The molecule has 8 heteroatoms. The van der Waals surface area contributed by atoms with Crippen molar-refractivity contribution in [2.45, 2.75) is 0 Å². The second kappa shape index (κ2) is 6.48. The molecule has 0 aliphatic heterocycles. The molecule has 1 heterocycles. The molecule has 2 aromatic rings. The van der Waals surface area contributed by atoms with Crippen LogP contribution in [0.3, 0.4) is 0 Å². The Morgan fingerprint density at radius 2 is 2.10 bits per heavy atom. The summed E-state index contributed by atoms with van der Waals surface area (Å²) in [5.74, 6) is -0.168. The number of nitrogens with zero attached hydrogens (tertiary/aromatic N) is 2. The molecule has 108 valence electrons. The molecule has 0 bridgehead atoms. The van der Waals surface area contributed by atoms with Crippen LogP contribution >= 0.6 is 22.6 Å². The Balaban J connectivity index is 2.38. The maximum absolute atomic E-state index is 12.3. The zero-order chi connectivity index (χ0) is 15.4. The number of rotatable bonds is 4. The summed E-state index contributed by atoms with van der Waals surface area (Å²) in [5.41, 5.74) is 0.219. The molecule has 1 aromatic heterocycles. The number of benzene rings is 1. The zero-order valence-electron chi connectivity index (χ0n) is 11.0. The minimum Gasteiger partial charge on any atom is -0.373 e. The van der Waals surface area contributed by atoms with E-state index >= 15 is 0 Å². The van der Waals surface area contributed by atoms with E-state index in [0.717, 1.165) is 9.77 Å². The molecule has 0 saturated heterocycles. The van der Waals surface area contributed by atoms with Crippen molar-refractivity contribution in [3.05, 3.63) is 55.8 Å². The van der Waals surface area contributed by atoms with Crippen LogP contribution in [0.1, 0.15) is 10.4 Å². The first kappa shape index (κ1) is 15.2. The number of nitro groups is 1. The van der Waals surface area contributed by atoms with Gasteiger partial charge in [-0.15, -0.1) is 0 Å². The van der Waals surface area contributed by atoms with Gasteiger partial charge in [-0.05, 0) is 34.7 Å². The highest BCUT2D eigenvalue weighted by Gasteiger charge is 2.22. The van der Waals surface area contributed by atoms with Crippen LogP contribution in [0.4, 0.5) is 17.2 Å². The van der Waals surface area contributed by atoms with Crippen LogP contribution in [0.5, 0.6) is 0 Å². The second-order valence-electron chi connectivity index (χ2n) is 4.03. The monoisotopic (exact) mass is 398 g/mol. The number of aromatic nitrogens is 1. The van der Waals surface area contributed by atoms with Gasteiger partial charge in [0, 0.05) is 16.7 Å². The van der Waals surface area contributed by atoms with Gasteiger partial charge in [-0.3, -0.25) is 14.9 Å². The molecule has 2 N–H and O–H groups in total. The summed E-state index contributed by atoms with van der Waals surface area (Å²) >= 11 is 2.08. The molecular formula is C13H11IN4O3.